The standard InChI is InChI=1S/C13H23N3OS.2ClH/c1-5-6-11-15-7-10(18-11)12(17)16-13(4,8-14)9(2)3;;/h7,9H,5-6,8,14H2,1-4H3,(H,16,17);2*1H. The summed E-state index contributed by atoms with van der Waals surface area (Å²) in [5, 5.41) is 4.04. The number of carbonyl (C=O) groups is 1. The molecular formula is C13H25Cl2N3OS. The molecule has 0 aliphatic carbocycles. The Labute approximate surface area is 137 Å². The monoisotopic (exact) mass is 341 g/mol. The van der Waals surface area contributed by atoms with Gasteiger partial charge in [0.15, 0.2) is 0 Å². The highest BCUT2D eigenvalue weighted by Gasteiger charge is 2.29. The van der Waals surface area contributed by atoms with Gasteiger partial charge in [-0.1, -0.05) is 20.8 Å². The lowest BCUT2D eigenvalue weighted by atomic mass is 9.88. The molecule has 1 unspecified atom stereocenters. The number of aromatic nitrogens is 1. The molecule has 118 valence electrons. The lowest BCUT2D eigenvalue weighted by molar-refractivity contribution is 0.0887. The van der Waals surface area contributed by atoms with Crippen molar-refractivity contribution in [2.45, 2.75) is 46.1 Å². The highest BCUT2D eigenvalue weighted by Crippen LogP contribution is 2.19. The van der Waals surface area contributed by atoms with Crippen molar-refractivity contribution in [2.24, 2.45) is 11.7 Å². The van der Waals surface area contributed by atoms with Crippen LogP contribution in [-0.4, -0.2) is 23.0 Å². The number of aryl methyl sites for hydroxylation is 1. The van der Waals surface area contributed by atoms with E-state index in [9.17, 15) is 4.79 Å². The van der Waals surface area contributed by atoms with E-state index in [1.807, 2.05) is 6.92 Å². The first-order chi connectivity index (χ1) is 8.42. The highest BCUT2D eigenvalue weighted by atomic mass is 35.5. The van der Waals surface area contributed by atoms with E-state index < -0.39 is 0 Å². The van der Waals surface area contributed by atoms with Crippen molar-refractivity contribution >= 4 is 42.1 Å². The zero-order chi connectivity index (χ0) is 13.8. The van der Waals surface area contributed by atoms with Crippen LogP contribution in [-0.2, 0) is 6.42 Å². The van der Waals surface area contributed by atoms with E-state index >= 15 is 0 Å². The smallest absolute Gasteiger partial charge is 0.263 e. The lowest BCUT2D eigenvalue weighted by Gasteiger charge is -2.33. The number of halogens is 2. The Balaban J connectivity index is 0. The average Bonchev–Trinajstić information content (AvgIpc) is 2.77. The number of nitrogens with one attached hydrogen (secondary N) is 1. The number of thiazole rings is 1. The van der Waals surface area contributed by atoms with Gasteiger partial charge in [-0.15, -0.1) is 36.2 Å². The Kier molecular flexibility index (Phi) is 10.5. The van der Waals surface area contributed by atoms with E-state index in [4.69, 9.17) is 5.73 Å². The summed E-state index contributed by atoms with van der Waals surface area (Å²) in [6.45, 7) is 8.62. The summed E-state index contributed by atoms with van der Waals surface area (Å²) in [6, 6.07) is 0. The highest BCUT2D eigenvalue weighted by molar-refractivity contribution is 7.13. The second kappa shape index (κ2) is 9.55. The molecule has 0 saturated carbocycles. The van der Waals surface area contributed by atoms with Crippen molar-refractivity contribution in [3.8, 4) is 0 Å². The van der Waals surface area contributed by atoms with Crippen LogP contribution in [0.25, 0.3) is 0 Å². The number of hydrogen-bond acceptors (Lipinski definition) is 4. The third-order valence-corrected chi connectivity index (χ3v) is 4.39. The Hall–Kier alpha value is -0.360. The van der Waals surface area contributed by atoms with Crippen LogP contribution in [0.5, 0.6) is 0 Å². The second-order valence-corrected chi connectivity index (χ2v) is 6.21. The van der Waals surface area contributed by atoms with Crippen molar-refractivity contribution < 1.29 is 4.79 Å². The van der Waals surface area contributed by atoms with Crippen LogP contribution < -0.4 is 11.1 Å². The fourth-order valence-electron chi connectivity index (χ4n) is 1.50. The van der Waals surface area contributed by atoms with Crippen LogP contribution in [0.1, 0.15) is 48.8 Å². The van der Waals surface area contributed by atoms with Crippen molar-refractivity contribution in [3.05, 3.63) is 16.1 Å². The van der Waals surface area contributed by atoms with Crippen LogP contribution in [0, 0.1) is 5.92 Å². The van der Waals surface area contributed by atoms with Crippen molar-refractivity contribution in [1.29, 1.82) is 0 Å². The zero-order valence-corrected chi connectivity index (χ0v) is 14.9. The molecule has 1 heterocycles. The lowest BCUT2D eigenvalue weighted by Crippen LogP contribution is -2.54. The molecule has 1 aromatic rings. The molecular weight excluding hydrogens is 317 g/mol. The first-order valence-corrected chi connectivity index (χ1v) is 7.22. The van der Waals surface area contributed by atoms with Gasteiger partial charge in [0.1, 0.15) is 4.88 Å². The van der Waals surface area contributed by atoms with E-state index in [2.05, 4.69) is 31.1 Å². The van der Waals surface area contributed by atoms with E-state index in [0.717, 1.165) is 17.8 Å². The predicted octanol–water partition coefficient (Wildman–Crippen LogP) is 3.04. The third kappa shape index (κ3) is 5.56. The molecule has 4 nitrogen and oxygen atoms in total. The summed E-state index contributed by atoms with van der Waals surface area (Å²) in [6.07, 6.45) is 3.62. The summed E-state index contributed by atoms with van der Waals surface area (Å²) in [4.78, 5) is 17.1. The number of hydrogen-bond donors (Lipinski definition) is 2. The second-order valence-electron chi connectivity index (χ2n) is 5.10. The van der Waals surface area contributed by atoms with Gasteiger partial charge >= 0.3 is 0 Å². The van der Waals surface area contributed by atoms with E-state index in [1.165, 1.54) is 11.3 Å². The summed E-state index contributed by atoms with van der Waals surface area (Å²) in [5.41, 5.74) is 5.39. The van der Waals surface area contributed by atoms with Crippen molar-refractivity contribution in [3.63, 3.8) is 0 Å². The predicted molar refractivity (Wildman–Crippen MR) is 90.4 cm³/mol. The molecule has 1 atom stereocenters. The number of nitrogens with two attached hydrogens (primary N) is 1. The van der Waals surface area contributed by atoms with E-state index in [0.29, 0.717) is 11.4 Å². The van der Waals surface area contributed by atoms with Gasteiger partial charge < -0.3 is 11.1 Å². The molecule has 0 aliphatic rings. The van der Waals surface area contributed by atoms with Crippen molar-refractivity contribution in [1.82, 2.24) is 10.3 Å². The largest absolute Gasteiger partial charge is 0.345 e. The Bertz CT molecular complexity index is 412. The molecule has 3 N–H and O–H groups in total. The summed E-state index contributed by atoms with van der Waals surface area (Å²) < 4.78 is 0. The van der Waals surface area contributed by atoms with Gasteiger partial charge in [0, 0.05) is 6.54 Å². The molecule has 0 aromatic carbocycles. The van der Waals surface area contributed by atoms with Crippen LogP contribution in [0.2, 0.25) is 0 Å². The summed E-state index contributed by atoms with van der Waals surface area (Å²) >= 11 is 1.46. The van der Waals surface area contributed by atoms with Gasteiger partial charge in [-0.25, -0.2) is 4.98 Å². The maximum Gasteiger partial charge on any atom is 0.263 e. The minimum absolute atomic E-state index is 0. The topological polar surface area (TPSA) is 68.0 Å². The Morgan fingerprint density at radius 3 is 2.55 bits per heavy atom. The van der Waals surface area contributed by atoms with Gasteiger partial charge in [0.2, 0.25) is 0 Å². The molecule has 0 spiro atoms. The molecule has 1 amide bonds. The minimum Gasteiger partial charge on any atom is -0.345 e. The molecule has 0 aliphatic heterocycles. The third-order valence-electron chi connectivity index (χ3n) is 3.34. The Morgan fingerprint density at radius 1 is 1.50 bits per heavy atom. The molecule has 0 bridgehead atoms. The number of carbonyl (C=O) groups excluding carboxylic acids is 1. The minimum atomic E-state index is -0.369. The van der Waals surface area contributed by atoms with E-state index in [1.54, 1.807) is 6.20 Å². The molecule has 0 fully saturated rings. The van der Waals surface area contributed by atoms with Gasteiger partial charge in [-0.3, -0.25) is 4.79 Å². The fraction of sp³-hybridized carbons (Fsp3) is 0.692. The molecule has 20 heavy (non-hydrogen) atoms. The zero-order valence-electron chi connectivity index (χ0n) is 12.4. The van der Waals surface area contributed by atoms with Gasteiger partial charge in [-0.05, 0) is 25.7 Å². The van der Waals surface area contributed by atoms with Crippen LogP contribution in [0.3, 0.4) is 0 Å². The first kappa shape index (κ1) is 21.9. The SMILES string of the molecule is CCCc1ncc(C(=O)NC(C)(CN)C(C)C)s1.Cl.Cl. The number of nitrogens with zero attached hydrogens (tertiary/aromatic N) is 1. The molecule has 1 rings (SSSR count). The quantitative estimate of drug-likeness (QED) is 0.835. The van der Waals surface area contributed by atoms with Gasteiger partial charge in [-0.2, -0.15) is 0 Å². The molecule has 0 radical (unpaired) electrons. The van der Waals surface area contributed by atoms with Crippen molar-refractivity contribution in [2.75, 3.05) is 6.54 Å². The first-order valence-electron chi connectivity index (χ1n) is 6.40. The fourth-order valence-corrected chi connectivity index (χ4v) is 2.41. The van der Waals surface area contributed by atoms with Crippen LogP contribution in [0.15, 0.2) is 6.20 Å². The Morgan fingerprint density at radius 2 is 2.10 bits per heavy atom. The molecule has 7 heteroatoms. The van der Waals surface area contributed by atoms with Crippen LogP contribution in [0.4, 0.5) is 0 Å². The molecule has 0 saturated heterocycles. The molecule has 1 aromatic heterocycles. The average molecular weight is 342 g/mol. The normalized spacial score (nSPS) is 13.1. The maximum absolute atomic E-state index is 12.1. The summed E-state index contributed by atoms with van der Waals surface area (Å²) in [7, 11) is 0. The van der Waals surface area contributed by atoms with Gasteiger partial charge in [0.25, 0.3) is 5.91 Å². The van der Waals surface area contributed by atoms with E-state index in [-0.39, 0.29) is 42.2 Å². The summed E-state index contributed by atoms with van der Waals surface area (Å²) in [5.74, 6) is 0.214. The van der Waals surface area contributed by atoms with Crippen LogP contribution >= 0.6 is 36.2 Å². The number of rotatable bonds is 6. The maximum atomic E-state index is 12.1. The van der Waals surface area contributed by atoms with Gasteiger partial charge in [0.05, 0.1) is 16.7 Å². The number of amides is 1.